The number of nitrogens with zero attached hydrogens (tertiary/aromatic N) is 2. The summed E-state index contributed by atoms with van der Waals surface area (Å²) in [5.74, 6) is 1.71. The fourth-order valence-corrected chi connectivity index (χ4v) is 2.60. The quantitative estimate of drug-likeness (QED) is 0.806. The lowest BCUT2D eigenvalue weighted by Gasteiger charge is -2.34. The molecule has 0 N–H and O–H groups in total. The molecule has 1 aliphatic heterocycles. The first kappa shape index (κ1) is 16.4. The molecule has 1 aromatic heterocycles. The number of rotatable bonds is 3. The molecule has 0 saturated carbocycles. The summed E-state index contributed by atoms with van der Waals surface area (Å²) in [5.41, 5.74) is 0.816. The molecule has 0 saturated heterocycles. The van der Waals surface area contributed by atoms with E-state index >= 15 is 0 Å². The largest absolute Gasteiger partial charge is 0.475 e. The highest BCUT2D eigenvalue weighted by Crippen LogP contribution is 2.34. The van der Waals surface area contributed by atoms with Crippen molar-refractivity contribution >= 4 is 11.7 Å². The van der Waals surface area contributed by atoms with Gasteiger partial charge in [0, 0.05) is 5.41 Å². The van der Waals surface area contributed by atoms with E-state index in [1.807, 2.05) is 29.2 Å². The molecule has 0 fully saturated rings. The number of ether oxygens (including phenoxy) is 2. The van der Waals surface area contributed by atoms with Crippen molar-refractivity contribution in [2.24, 2.45) is 0 Å². The van der Waals surface area contributed by atoms with Gasteiger partial charge in [-0.05, 0) is 12.1 Å². The number of anilines is 1. The van der Waals surface area contributed by atoms with Crippen LogP contribution < -0.4 is 9.64 Å². The van der Waals surface area contributed by atoms with Crippen LogP contribution in [0.4, 0.5) is 5.69 Å². The number of carbonyl (C=O) groups excluding carboxylic acids is 1. The molecule has 0 radical (unpaired) electrons. The SMILES string of the molecule is COC(=O)[C@@H]1CN(Cc2ncc(C(C)(C)C)o2)c2ccccc2O1. The van der Waals surface area contributed by atoms with Crippen LogP contribution in [-0.2, 0) is 21.5 Å². The second-order valence-electron chi connectivity index (χ2n) is 6.85. The number of esters is 1. The fourth-order valence-electron chi connectivity index (χ4n) is 2.60. The van der Waals surface area contributed by atoms with E-state index in [4.69, 9.17) is 13.9 Å². The Morgan fingerprint density at radius 1 is 1.38 bits per heavy atom. The number of para-hydroxylation sites is 2. The Kier molecular flexibility index (Phi) is 4.22. The summed E-state index contributed by atoms with van der Waals surface area (Å²) < 4.78 is 16.4. The van der Waals surface area contributed by atoms with Gasteiger partial charge in [0.15, 0.2) is 0 Å². The van der Waals surface area contributed by atoms with Gasteiger partial charge in [-0.3, -0.25) is 0 Å². The fraction of sp³-hybridized carbons (Fsp3) is 0.444. The monoisotopic (exact) mass is 330 g/mol. The number of benzene rings is 1. The number of hydrogen-bond acceptors (Lipinski definition) is 6. The van der Waals surface area contributed by atoms with Crippen LogP contribution in [0.3, 0.4) is 0 Å². The zero-order valence-electron chi connectivity index (χ0n) is 14.4. The van der Waals surface area contributed by atoms with Gasteiger partial charge < -0.3 is 18.8 Å². The van der Waals surface area contributed by atoms with Crippen molar-refractivity contribution in [1.82, 2.24) is 4.98 Å². The average Bonchev–Trinajstić information content (AvgIpc) is 3.03. The average molecular weight is 330 g/mol. The summed E-state index contributed by atoms with van der Waals surface area (Å²) in [5, 5.41) is 0. The first-order chi connectivity index (χ1) is 11.4. The van der Waals surface area contributed by atoms with Gasteiger partial charge in [0.1, 0.15) is 11.5 Å². The lowest BCUT2D eigenvalue weighted by atomic mass is 9.94. The van der Waals surface area contributed by atoms with E-state index in [2.05, 4.69) is 25.8 Å². The number of methoxy groups -OCH3 is 1. The van der Waals surface area contributed by atoms with E-state index in [1.165, 1.54) is 7.11 Å². The highest BCUT2D eigenvalue weighted by molar-refractivity contribution is 5.78. The van der Waals surface area contributed by atoms with Gasteiger partial charge in [0.2, 0.25) is 12.0 Å². The van der Waals surface area contributed by atoms with E-state index < -0.39 is 12.1 Å². The second kappa shape index (κ2) is 6.19. The molecule has 0 aliphatic carbocycles. The summed E-state index contributed by atoms with van der Waals surface area (Å²) in [6, 6.07) is 7.60. The van der Waals surface area contributed by atoms with Crippen molar-refractivity contribution in [1.29, 1.82) is 0 Å². The molecule has 6 heteroatoms. The third-order valence-corrected chi connectivity index (χ3v) is 3.94. The minimum absolute atomic E-state index is 0.0945. The maximum Gasteiger partial charge on any atom is 0.348 e. The van der Waals surface area contributed by atoms with Crippen LogP contribution in [0.1, 0.15) is 32.4 Å². The van der Waals surface area contributed by atoms with E-state index in [1.54, 1.807) is 6.20 Å². The van der Waals surface area contributed by atoms with Crippen molar-refractivity contribution in [3.63, 3.8) is 0 Å². The topological polar surface area (TPSA) is 64.8 Å². The molecule has 1 atom stereocenters. The number of oxazole rings is 1. The van der Waals surface area contributed by atoms with Gasteiger partial charge in [-0.15, -0.1) is 0 Å². The smallest absolute Gasteiger partial charge is 0.348 e. The highest BCUT2D eigenvalue weighted by atomic mass is 16.6. The Morgan fingerprint density at radius 2 is 2.12 bits per heavy atom. The van der Waals surface area contributed by atoms with Crippen molar-refractivity contribution in [3.05, 3.63) is 42.1 Å². The first-order valence-electron chi connectivity index (χ1n) is 7.92. The van der Waals surface area contributed by atoms with E-state index in [-0.39, 0.29) is 5.41 Å². The Bertz CT molecular complexity index is 733. The summed E-state index contributed by atoms with van der Waals surface area (Å²) in [4.78, 5) is 18.3. The van der Waals surface area contributed by atoms with Crippen LogP contribution in [0.15, 0.2) is 34.9 Å². The van der Waals surface area contributed by atoms with Crippen molar-refractivity contribution in [2.75, 3.05) is 18.6 Å². The van der Waals surface area contributed by atoms with E-state index in [0.29, 0.717) is 24.7 Å². The van der Waals surface area contributed by atoms with Gasteiger partial charge in [0.05, 0.1) is 32.1 Å². The van der Waals surface area contributed by atoms with Crippen LogP contribution in [0, 0.1) is 0 Å². The van der Waals surface area contributed by atoms with Crippen molar-refractivity contribution in [2.45, 2.75) is 38.8 Å². The number of fused-ring (bicyclic) bond motifs is 1. The molecule has 6 nitrogen and oxygen atoms in total. The predicted molar refractivity (Wildman–Crippen MR) is 89.1 cm³/mol. The molecular weight excluding hydrogens is 308 g/mol. The standard InChI is InChI=1S/C18H22N2O4/c1-18(2,3)15-9-19-16(24-15)11-20-10-14(17(21)22-4)23-13-8-6-5-7-12(13)20/h5-9,14H,10-11H2,1-4H3/t14-/m0/s1. The Hall–Kier alpha value is -2.50. The summed E-state index contributed by atoms with van der Waals surface area (Å²) >= 11 is 0. The molecule has 0 bridgehead atoms. The van der Waals surface area contributed by atoms with Crippen molar-refractivity contribution < 1.29 is 18.7 Å². The lowest BCUT2D eigenvalue weighted by Crippen LogP contribution is -2.44. The Balaban J connectivity index is 1.86. The molecule has 0 unspecified atom stereocenters. The molecule has 24 heavy (non-hydrogen) atoms. The molecule has 3 rings (SSSR count). The molecule has 0 amide bonds. The maximum atomic E-state index is 11.9. The highest BCUT2D eigenvalue weighted by Gasteiger charge is 2.32. The zero-order chi connectivity index (χ0) is 17.3. The van der Waals surface area contributed by atoms with Crippen LogP contribution in [0.5, 0.6) is 5.75 Å². The van der Waals surface area contributed by atoms with Crippen molar-refractivity contribution in [3.8, 4) is 5.75 Å². The minimum atomic E-state index is -0.665. The van der Waals surface area contributed by atoms with Crippen LogP contribution in [-0.4, -0.2) is 30.7 Å². The van der Waals surface area contributed by atoms with Crippen LogP contribution in [0.25, 0.3) is 0 Å². The van der Waals surface area contributed by atoms with Gasteiger partial charge in [-0.2, -0.15) is 0 Å². The molecule has 0 spiro atoms. The number of hydrogen-bond donors (Lipinski definition) is 0. The summed E-state index contributed by atoms with van der Waals surface area (Å²) in [7, 11) is 1.36. The zero-order valence-corrected chi connectivity index (χ0v) is 14.4. The Morgan fingerprint density at radius 3 is 2.79 bits per heavy atom. The van der Waals surface area contributed by atoms with Crippen LogP contribution >= 0.6 is 0 Å². The van der Waals surface area contributed by atoms with Gasteiger partial charge in [-0.25, -0.2) is 9.78 Å². The third kappa shape index (κ3) is 3.22. The lowest BCUT2D eigenvalue weighted by molar-refractivity contribution is -0.148. The van der Waals surface area contributed by atoms with Crippen LogP contribution in [0.2, 0.25) is 0 Å². The minimum Gasteiger partial charge on any atom is -0.475 e. The predicted octanol–water partition coefficient (Wildman–Crippen LogP) is 2.91. The number of carbonyl (C=O) groups is 1. The first-order valence-corrected chi connectivity index (χ1v) is 7.92. The van der Waals surface area contributed by atoms with E-state index in [9.17, 15) is 4.79 Å². The molecule has 128 valence electrons. The summed E-state index contributed by atoms with van der Waals surface area (Å²) in [6.45, 7) is 7.08. The molecule has 2 aromatic rings. The molecule has 1 aromatic carbocycles. The number of aromatic nitrogens is 1. The summed E-state index contributed by atoms with van der Waals surface area (Å²) in [6.07, 6.45) is 1.10. The van der Waals surface area contributed by atoms with E-state index in [0.717, 1.165) is 11.4 Å². The molecule has 2 heterocycles. The Labute approximate surface area is 141 Å². The van der Waals surface area contributed by atoms with Gasteiger partial charge in [0.25, 0.3) is 0 Å². The normalized spacial score (nSPS) is 17.2. The van der Waals surface area contributed by atoms with Gasteiger partial charge in [-0.1, -0.05) is 32.9 Å². The molecule has 1 aliphatic rings. The third-order valence-electron chi connectivity index (χ3n) is 3.94. The van der Waals surface area contributed by atoms with Gasteiger partial charge >= 0.3 is 5.97 Å². The second-order valence-corrected chi connectivity index (χ2v) is 6.85. The maximum absolute atomic E-state index is 11.9. The molecular formula is C18H22N2O4.